The fraction of sp³-hybridized carbons (Fsp3) is 0.263. The average molecular weight is 526 g/mol. The summed E-state index contributed by atoms with van der Waals surface area (Å²) >= 11 is 6.78. The van der Waals surface area contributed by atoms with Crippen molar-refractivity contribution in [1.82, 2.24) is 9.97 Å². The molecule has 1 aromatic heterocycles. The molecule has 10 heteroatoms. The molecule has 1 aliphatic rings. The lowest BCUT2D eigenvalue weighted by molar-refractivity contribution is -0.0244. The standard InChI is InChI=1S/C19H18Br2N4O4/c20-9-1-3-12(11(21)5-9)25-19(28)22-10-2-4-13-14(6-10)24-18(23-13)16-7-15(27)17(8-26)29-16/h1-6,15-17,26-27H,7-8H2,(H,23,24)(H2,22,25,28)/t15-,16+,17+/m0/s1. The summed E-state index contributed by atoms with van der Waals surface area (Å²) in [6.45, 7) is -0.241. The maximum atomic E-state index is 12.3. The molecule has 3 aromatic rings. The fourth-order valence-electron chi connectivity index (χ4n) is 3.20. The van der Waals surface area contributed by atoms with Crippen LogP contribution in [0.3, 0.4) is 0 Å². The fourth-order valence-corrected chi connectivity index (χ4v) is 4.35. The number of carbonyl (C=O) groups excluding carboxylic acids is 1. The van der Waals surface area contributed by atoms with Crippen LogP contribution in [0, 0.1) is 0 Å². The third-order valence-corrected chi connectivity index (χ3v) is 5.80. The summed E-state index contributed by atoms with van der Waals surface area (Å²) in [6.07, 6.45) is -1.38. The first-order chi connectivity index (χ1) is 13.9. The number of anilines is 2. The summed E-state index contributed by atoms with van der Waals surface area (Å²) in [4.78, 5) is 20.0. The maximum Gasteiger partial charge on any atom is 0.323 e. The average Bonchev–Trinajstić information content (AvgIpc) is 3.26. The number of rotatable bonds is 4. The number of aromatic nitrogens is 2. The Balaban J connectivity index is 1.47. The number of imidazole rings is 1. The van der Waals surface area contributed by atoms with E-state index >= 15 is 0 Å². The van der Waals surface area contributed by atoms with Crippen LogP contribution < -0.4 is 10.6 Å². The Kier molecular flexibility index (Phi) is 5.88. The van der Waals surface area contributed by atoms with Gasteiger partial charge in [-0.3, -0.25) is 0 Å². The molecule has 1 fully saturated rings. The van der Waals surface area contributed by atoms with Crippen LogP contribution in [0.2, 0.25) is 0 Å². The molecule has 0 saturated carbocycles. The van der Waals surface area contributed by atoms with Gasteiger partial charge in [-0.2, -0.15) is 0 Å². The van der Waals surface area contributed by atoms with E-state index in [1.165, 1.54) is 0 Å². The van der Waals surface area contributed by atoms with Crippen molar-refractivity contribution in [3.63, 3.8) is 0 Å². The van der Waals surface area contributed by atoms with E-state index in [1.807, 2.05) is 12.1 Å². The second-order valence-corrected chi connectivity index (χ2v) is 8.48. The SMILES string of the molecule is O=C(Nc1ccc2nc([C@H]3C[C@H](O)[C@@H](CO)O3)[nH]c2c1)Nc1ccc(Br)cc1Br. The number of carbonyl (C=O) groups is 1. The first kappa shape index (κ1) is 20.3. The minimum Gasteiger partial charge on any atom is -0.394 e. The summed E-state index contributed by atoms with van der Waals surface area (Å²) < 4.78 is 7.30. The lowest BCUT2D eigenvalue weighted by atomic mass is 10.1. The lowest BCUT2D eigenvalue weighted by Crippen LogP contribution is -2.24. The topological polar surface area (TPSA) is 120 Å². The Morgan fingerprint density at radius 3 is 2.79 bits per heavy atom. The predicted octanol–water partition coefficient (Wildman–Crippen LogP) is 3.92. The van der Waals surface area contributed by atoms with Gasteiger partial charge in [-0.25, -0.2) is 9.78 Å². The Morgan fingerprint density at radius 2 is 2.07 bits per heavy atom. The number of halogens is 2. The Hall–Kier alpha value is -1.98. The van der Waals surface area contributed by atoms with E-state index < -0.39 is 18.3 Å². The highest BCUT2D eigenvalue weighted by molar-refractivity contribution is 9.11. The number of hydrogen-bond donors (Lipinski definition) is 5. The summed E-state index contributed by atoms with van der Waals surface area (Å²) in [6, 6.07) is 10.4. The van der Waals surface area contributed by atoms with Crippen LogP contribution in [0.5, 0.6) is 0 Å². The molecule has 152 valence electrons. The molecule has 8 nitrogen and oxygen atoms in total. The molecule has 0 bridgehead atoms. The molecular formula is C19H18Br2N4O4. The number of benzene rings is 2. The van der Waals surface area contributed by atoms with Gasteiger partial charge in [0.2, 0.25) is 0 Å². The monoisotopic (exact) mass is 524 g/mol. The van der Waals surface area contributed by atoms with Gasteiger partial charge in [-0.1, -0.05) is 15.9 Å². The summed E-state index contributed by atoms with van der Waals surface area (Å²) in [5.41, 5.74) is 2.69. The zero-order chi connectivity index (χ0) is 20.5. The van der Waals surface area contributed by atoms with Gasteiger partial charge in [0, 0.05) is 21.1 Å². The smallest absolute Gasteiger partial charge is 0.323 e. The highest BCUT2D eigenvalue weighted by Gasteiger charge is 2.35. The molecule has 0 unspecified atom stereocenters. The van der Waals surface area contributed by atoms with E-state index in [1.54, 1.807) is 24.3 Å². The molecule has 2 amide bonds. The molecule has 5 N–H and O–H groups in total. The number of fused-ring (bicyclic) bond motifs is 1. The summed E-state index contributed by atoms with van der Waals surface area (Å²) in [7, 11) is 0. The van der Waals surface area contributed by atoms with Gasteiger partial charge >= 0.3 is 6.03 Å². The van der Waals surface area contributed by atoms with Crippen molar-refractivity contribution < 1.29 is 19.7 Å². The van der Waals surface area contributed by atoms with Gasteiger partial charge in [0.25, 0.3) is 0 Å². The zero-order valence-corrected chi connectivity index (χ0v) is 18.2. The Bertz CT molecular complexity index is 1060. The van der Waals surface area contributed by atoms with Crippen molar-refractivity contribution in [1.29, 1.82) is 0 Å². The highest BCUT2D eigenvalue weighted by atomic mass is 79.9. The second kappa shape index (κ2) is 8.41. The number of amides is 2. The normalized spacial score (nSPS) is 21.4. The maximum absolute atomic E-state index is 12.3. The van der Waals surface area contributed by atoms with Gasteiger partial charge in [0.05, 0.1) is 29.4 Å². The van der Waals surface area contributed by atoms with Crippen LogP contribution in [-0.2, 0) is 4.74 Å². The van der Waals surface area contributed by atoms with Gasteiger partial charge in [0.15, 0.2) is 0 Å². The lowest BCUT2D eigenvalue weighted by Gasteiger charge is -2.10. The number of hydrogen-bond acceptors (Lipinski definition) is 5. The van der Waals surface area contributed by atoms with Crippen molar-refractivity contribution in [3.8, 4) is 0 Å². The van der Waals surface area contributed by atoms with Crippen LogP contribution in [0.15, 0.2) is 45.3 Å². The minimum atomic E-state index is -0.725. The third kappa shape index (κ3) is 4.46. The summed E-state index contributed by atoms with van der Waals surface area (Å²) in [5, 5.41) is 24.7. The largest absolute Gasteiger partial charge is 0.394 e. The molecule has 1 aliphatic heterocycles. The Morgan fingerprint density at radius 1 is 1.24 bits per heavy atom. The third-order valence-electron chi connectivity index (χ3n) is 4.65. The van der Waals surface area contributed by atoms with Gasteiger partial charge in [-0.05, 0) is 52.3 Å². The number of ether oxygens (including phenoxy) is 1. The molecule has 29 heavy (non-hydrogen) atoms. The van der Waals surface area contributed by atoms with Gasteiger partial charge in [0.1, 0.15) is 18.0 Å². The molecule has 0 radical (unpaired) electrons. The molecule has 1 saturated heterocycles. The summed E-state index contributed by atoms with van der Waals surface area (Å²) in [5.74, 6) is 0.579. The quantitative estimate of drug-likeness (QED) is 0.353. The van der Waals surface area contributed by atoms with Gasteiger partial charge in [-0.15, -0.1) is 0 Å². The van der Waals surface area contributed by atoms with E-state index in [-0.39, 0.29) is 12.6 Å². The number of aliphatic hydroxyl groups is 2. The van der Waals surface area contributed by atoms with Crippen LogP contribution in [-0.4, -0.2) is 45.0 Å². The molecule has 2 heterocycles. The van der Waals surface area contributed by atoms with Crippen LogP contribution in [0.4, 0.5) is 16.2 Å². The minimum absolute atomic E-state index is 0.241. The molecule has 4 rings (SSSR count). The van der Waals surface area contributed by atoms with Crippen LogP contribution in [0.25, 0.3) is 11.0 Å². The number of aromatic amines is 1. The molecule has 0 spiro atoms. The second-order valence-electron chi connectivity index (χ2n) is 6.71. The number of urea groups is 1. The van der Waals surface area contributed by atoms with E-state index in [4.69, 9.17) is 4.74 Å². The first-order valence-corrected chi connectivity index (χ1v) is 10.5. The van der Waals surface area contributed by atoms with Crippen LogP contribution in [0.1, 0.15) is 18.3 Å². The number of nitrogens with one attached hydrogen (secondary N) is 3. The zero-order valence-electron chi connectivity index (χ0n) is 15.0. The van der Waals surface area contributed by atoms with E-state index in [0.29, 0.717) is 29.1 Å². The Labute approximate surface area is 182 Å². The van der Waals surface area contributed by atoms with Crippen molar-refractivity contribution in [2.24, 2.45) is 0 Å². The molecule has 2 aromatic carbocycles. The van der Waals surface area contributed by atoms with Crippen molar-refractivity contribution in [3.05, 3.63) is 51.2 Å². The molecule has 3 atom stereocenters. The highest BCUT2D eigenvalue weighted by Crippen LogP contribution is 2.33. The van der Waals surface area contributed by atoms with E-state index in [2.05, 4.69) is 52.5 Å². The van der Waals surface area contributed by atoms with Crippen molar-refractivity contribution >= 4 is 60.3 Å². The number of nitrogens with zero attached hydrogens (tertiary/aromatic N) is 1. The van der Waals surface area contributed by atoms with E-state index in [9.17, 15) is 15.0 Å². The van der Waals surface area contributed by atoms with E-state index in [0.717, 1.165) is 14.5 Å². The molecule has 0 aliphatic carbocycles. The first-order valence-electron chi connectivity index (χ1n) is 8.90. The van der Waals surface area contributed by atoms with Crippen LogP contribution >= 0.6 is 31.9 Å². The van der Waals surface area contributed by atoms with Gasteiger partial charge < -0.3 is 30.6 Å². The molecular weight excluding hydrogens is 508 g/mol. The number of H-pyrrole nitrogens is 1. The van der Waals surface area contributed by atoms with Crippen molar-refractivity contribution in [2.75, 3.05) is 17.2 Å². The predicted molar refractivity (Wildman–Crippen MR) is 116 cm³/mol. The van der Waals surface area contributed by atoms with Crippen molar-refractivity contribution in [2.45, 2.75) is 24.7 Å². The number of aliphatic hydroxyl groups excluding tert-OH is 2.